The van der Waals surface area contributed by atoms with Crippen molar-refractivity contribution < 1.29 is 0 Å². The lowest BCUT2D eigenvalue weighted by molar-refractivity contribution is 0.422. The predicted octanol–water partition coefficient (Wildman–Crippen LogP) is 6.11. The van der Waals surface area contributed by atoms with Gasteiger partial charge in [0, 0.05) is 31.0 Å². The fraction of sp³-hybridized carbons (Fsp3) is 0.259. The summed E-state index contributed by atoms with van der Waals surface area (Å²) in [7, 11) is 0. The lowest BCUT2D eigenvalue weighted by Crippen LogP contribution is -2.41. The summed E-state index contributed by atoms with van der Waals surface area (Å²) >= 11 is 11.3. The number of anilines is 2. The third-order valence-corrected chi connectivity index (χ3v) is 6.48. The zero-order valence-electron chi connectivity index (χ0n) is 19.7. The molecule has 0 aliphatic rings. The van der Waals surface area contributed by atoms with Crippen molar-refractivity contribution >= 4 is 46.0 Å². The Morgan fingerprint density at radius 3 is 1.91 bits per heavy atom. The Morgan fingerprint density at radius 2 is 1.30 bits per heavy atom. The van der Waals surface area contributed by atoms with Gasteiger partial charge in [-0.3, -0.25) is 0 Å². The molecule has 33 heavy (non-hydrogen) atoms. The van der Waals surface area contributed by atoms with Gasteiger partial charge < -0.3 is 20.9 Å². The van der Waals surface area contributed by atoms with Crippen molar-refractivity contribution in [1.82, 2.24) is 10.2 Å². The van der Waals surface area contributed by atoms with Crippen molar-refractivity contribution in [3.63, 3.8) is 0 Å². The summed E-state index contributed by atoms with van der Waals surface area (Å²) < 4.78 is 0. The molecule has 0 unspecified atom stereocenters. The van der Waals surface area contributed by atoms with Crippen molar-refractivity contribution in [2.45, 2.75) is 34.2 Å². The minimum absolute atomic E-state index is 0.608. The summed E-state index contributed by atoms with van der Waals surface area (Å²) in [6.45, 7) is 10.5. The number of nitrogens with one attached hydrogen (secondary N) is 3. The van der Waals surface area contributed by atoms with Gasteiger partial charge in [-0.25, -0.2) is 0 Å². The molecule has 0 heterocycles. The Balaban J connectivity index is 1.64. The quantitative estimate of drug-likeness (QED) is 0.358. The minimum Gasteiger partial charge on any atom is -0.361 e. The number of aryl methyl sites for hydroxylation is 2. The van der Waals surface area contributed by atoms with E-state index >= 15 is 0 Å². The zero-order valence-corrected chi connectivity index (χ0v) is 21.4. The number of hydrogen-bond acceptors (Lipinski definition) is 2. The van der Waals surface area contributed by atoms with E-state index in [-0.39, 0.29) is 0 Å². The van der Waals surface area contributed by atoms with Crippen LogP contribution < -0.4 is 16.0 Å². The van der Waals surface area contributed by atoms with Crippen LogP contribution in [-0.4, -0.2) is 28.2 Å². The van der Waals surface area contributed by atoms with E-state index in [0.717, 1.165) is 17.9 Å². The van der Waals surface area contributed by atoms with Crippen LogP contribution in [0.2, 0.25) is 0 Å². The molecular weight excluding hydrogens is 444 g/mol. The van der Waals surface area contributed by atoms with E-state index in [9.17, 15) is 0 Å². The van der Waals surface area contributed by atoms with Crippen LogP contribution in [0.25, 0.3) is 0 Å². The second kappa shape index (κ2) is 11.8. The average Bonchev–Trinajstić information content (AvgIpc) is 2.80. The molecule has 0 atom stereocenters. The van der Waals surface area contributed by atoms with Crippen LogP contribution in [0.4, 0.5) is 11.4 Å². The van der Waals surface area contributed by atoms with E-state index in [4.69, 9.17) is 24.4 Å². The molecule has 6 heteroatoms. The lowest BCUT2D eigenvalue weighted by atomic mass is 10.1. The van der Waals surface area contributed by atoms with Crippen molar-refractivity contribution in [3.05, 3.63) is 94.5 Å². The Morgan fingerprint density at radius 1 is 0.727 bits per heavy atom. The van der Waals surface area contributed by atoms with E-state index < -0.39 is 0 Å². The van der Waals surface area contributed by atoms with Crippen molar-refractivity contribution in [2.24, 2.45) is 0 Å². The molecule has 0 aliphatic carbocycles. The third-order valence-electron chi connectivity index (χ3n) is 5.87. The molecule has 3 N–H and O–H groups in total. The summed E-state index contributed by atoms with van der Waals surface area (Å²) in [6.07, 6.45) is 0. The van der Waals surface area contributed by atoms with Gasteiger partial charge >= 0.3 is 0 Å². The molecule has 3 aromatic rings. The van der Waals surface area contributed by atoms with Crippen LogP contribution in [-0.2, 0) is 6.54 Å². The van der Waals surface area contributed by atoms with E-state index in [1.165, 1.54) is 27.8 Å². The average molecular weight is 477 g/mol. The SMILES string of the molecule is Cc1cccc(NC(=S)NCCN(Cc2ccccc2)C(=S)Nc2cccc(C)c2C)c1C. The fourth-order valence-corrected chi connectivity index (χ4v) is 3.97. The van der Waals surface area contributed by atoms with Gasteiger partial charge in [0.1, 0.15) is 0 Å². The van der Waals surface area contributed by atoms with E-state index in [0.29, 0.717) is 23.3 Å². The first-order chi connectivity index (χ1) is 15.8. The normalized spacial score (nSPS) is 10.4. The van der Waals surface area contributed by atoms with Crippen LogP contribution >= 0.6 is 24.4 Å². The molecular formula is C27H32N4S2. The molecule has 0 saturated heterocycles. The topological polar surface area (TPSA) is 39.3 Å². The highest BCUT2D eigenvalue weighted by Gasteiger charge is 2.13. The van der Waals surface area contributed by atoms with Gasteiger partial charge in [0.15, 0.2) is 10.2 Å². The highest BCUT2D eigenvalue weighted by molar-refractivity contribution is 7.80. The van der Waals surface area contributed by atoms with Gasteiger partial charge in [0.25, 0.3) is 0 Å². The summed E-state index contributed by atoms with van der Waals surface area (Å²) in [6, 6.07) is 22.8. The molecule has 0 saturated carbocycles. The first-order valence-electron chi connectivity index (χ1n) is 11.1. The second-order valence-electron chi connectivity index (χ2n) is 8.21. The van der Waals surface area contributed by atoms with Crippen LogP contribution in [0.3, 0.4) is 0 Å². The van der Waals surface area contributed by atoms with Crippen molar-refractivity contribution in [1.29, 1.82) is 0 Å². The maximum Gasteiger partial charge on any atom is 0.173 e. The Bertz CT molecular complexity index is 1110. The monoisotopic (exact) mass is 476 g/mol. The lowest BCUT2D eigenvalue weighted by Gasteiger charge is -2.27. The predicted molar refractivity (Wildman–Crippen MR) is 149 cm³/mol. The molecule has 0 bridgehead atoms. The van der Waals surface area contributed by atoms with Crippen LogP contribution in [0, 0.1) is 27.7 Å². The number of thiocarbonyl (C=S) groups is 2. The highest BCUT2D eigenvalue weighted by atomic mass is 32.1. The van der Waals surface area contributed by atoms with Gasteiger partial charge in [0.2, 0.25) is 0 Å². The van der Waals surface area contributed by atoms with Crippen LogP contribution in [0.5, 0.6) is 0 Å². The number of benzene rings is 3. The first kappa shape index (κ1) is 24.7. The van der Waals surface area contributed by atoms with Gasteiger partial charge in [-0.15, -0.1) is 0 Å². The van der Waals surface area contributed by atoms with Gasteiger partial charge in [0.05, 0.1) is 0 Å². The smallest absolute Gasteiger partial charge is 0.173 e. The van der Waals surface area contributed by atoms with E-state index in [1.54, 1.807) is 0 Å². The van der Waals surface area contributed by atoms with Crippen molar-refractivity contribution in [3.8, 4) is 0 Å². The maximum absolute atomic E-state index is 5.81. The number of rotatable bonds is 7. The molecule has 0 spiro atoms. The third kappa shape index (κ3) is 7.01. The molecule has 3 aromatic carbocycles. The van der Waals surface area contributed by atoms with Gasteiger partial charge in [-0.05, 0) is 92.1 Å². The Kier molecular flexibility index (Phi) is 8.80. The van der Waals surface area contributed by atoms with Crippen molar-refractivity contribution in [2.75, 3.05) is 23.7 Å². The Hall–Kier alpha value is -2.96. The second-order valence-corrected chi connectivity index (χ2v) is 9.01. The van der Waals surface area contributed by atoms with Gasteiger partial charge in [-0.2, -0.15) is 0 Å². The van der Waals surface area contributed by atoms with Crippen LogP contribution in [0.15, 0.2) is 66.7 Å². The first-order valence-corrected chi connectivity index (χ1v) is 11.9. The Labute approximate surface area is 208 Å². The van der Waals surface area contributed by atoms with Gasteiger partial charge in [-0.1, -0.05) is 54.6 Å². The number of hydrogen-bond donors (Lipinski definition) is 3. The molecule has 172 valence electrons. The summed E-state index contributed by atoms with van der Waals surface area (Å²) in [4.78, 5) is 2.17. The molecule has 0 aromatic heterocycles. The molecule has 0 radical (unpaired) electrons. The standard InChI is InChI=1S/C27H32N4S2/c1-19-10-8-14-24(21(19)3)29-26(32)28-16-17-31(18-23-12-6-5-7-13-23)27(33)30-25-15-9-11-20(2)22(25)4/h5-15H,16-18H2,1-4H3,(H,30,33)(H2,28,29,32). The van der Waals surface area contributed by atoms with E-state index in [1.807, 2.05) is 24.3 Å². The molecule has 0 fully saturated rings. The number of nitrogens with zero attached hydrogens (tertiary/aromatic N) is 1. The fourth-order valence-electron chi connectivity index (χ4n) is 3.49. The van der Waals surface area contributed by atoms with E-state index in [2.05, 4.69) is 91.0 Å². The summed E-state index contributed by atoms with van der Waals surface area (Å²) in [5.41, 5.74) is 8.15. The molecule has 0 aliphatic heterocycles. The largest absolute Gasteiger partial charge is 0.361 e. The molecule has 0 amide bonds. The van der Waals surface area contributed by atoms with Crippen LogP contribution in [0.1, 0.15) is 27.8 Å². The highest BCUT2D eigenvalue weighted by Crippen LogP contribution is 2.19. The minimum atomic E-state index is 0.608. The molecule has 3 rings (SSSR count). The summed E-state index contributed by atoms with van der Waals surface area (Å²) in [5.74, 6) is 0. The summed E-state index contributed by atoms with van der Waals surface area (Å²) in [5, 5.41) is 11.4. The maximum atomic E-state index is 5.81. The zero-order chi connectivity index (χ0) is 23.8. The molecule has 4 nitrogen and oxygen atoms in total.